The SMILES string of the molecule is Cc1cc(I)c(N(Cc2ccccc2)C(=O)/C=C/c2ccccc2)c(C#N)c1. The molecule has 28 heavy (non-hydrogen) atoms. The van der Waals surface area contributed by atoms with Crippen LogP contribution in [0.4, 0.5) is 5.69 Å². The molecule has 0 saturated carbocycles. The molecule has 0 aliphatic heterocycles. The third kappa shape index (κ3) is 4.87. The van der Waals surface area contributed by atoms with E-state index in [9.17, 15) is 10.1 Å². The van der Waals surface area contributed by atoms with Crippen LogP contribution in [0.15, 0.2) is 78.9 Å². The van der Waals surface area contributed by atoms with Crippen molar-refractivity contribution in [3.63, 3.8) is 0 Å². The van der Waals surface area contributed by atoms with Crippen LogP contribution in [0, 0.1) is 21.8 Å². The molecule has 3 nitrogen and oxygen atoms in total. The zero-order valence-electron chi connectivity index (χ0n) is 15.5. The van der Waals surface area contributed by atoms with Gasteiger partial charge in [0.25, 0.3) is 5.91 Å². The molecule has 3 aromatic rings. The molecule has 0 atom stereocenters. The van der Waals surface area contributed by atoms with Crippen LogP contribution in [0.5, 0.6) is 0 Å². The predicted molar refractivity (Wildman–Crippen MR) is 122 cm³/mol. The highest BCUT2D eigenvalue weighted by Gasteiger charge is 2.21. The lowest BCUT2D eigenvalue weighted by Gasteiger charge is -2.24. The quantitative estimate of drug-likeness (QED) is 0.348. The topological polar surface area (TPSA) is 44.1 Å². The van der Waals surface area contributed by atoms with Gasteiger partial charge in [-0.25, -0.2) is 0 Å². The minimum atomic E-state index is -0.161. The molecule has 138 valence electrons. The van der Waals surface area contributed by atoms with Crippen LogP contribution in [0.2, 0.25) is 0 Å². The van der Waals surface area contributed by atoms with E-state index in [1.54, 1.807) is 17.1 Å². The van der Waals surface area contributed by atoms with Crippen LogP contribution >= 0.6 is 22.6 Å². The van der Waals surface area contributed by atoms with Gasteiger partial charge in [-0.05, 0) is 64.4 Å². The van der Waals surface area contributed by atoms with E-state index in [-0.39, 0.29) is 5.91 Å². The first kappa shape index (κ1) is 19.8. The molecular formula is C24H19IN2O. The van der Waals surface area contributed by atoms with Crippen LogP contribution in [0.3, 0.4) is 0 Å². The van der Waals surface area contributed by atoms with Gasteiger partial charge in [-0.15, -0.1) is 0 Å². The normalized spacial score (nSPS) is 10.6. The number of rotatable bonds is 5. The van der Waals surface area contributed by atoms with Gasteiger partial charge in [-0.3, -0.25) is 4.79 Å². The Kier molecular flexibility index (Phi) is 6.62. The average molecular weight is 478 g/mol. The summed E-state index contributed by atoms with van der Waals surface area (Å²) in [5.41, 5.74) is 4.11. The zero-order valence-corrected chi connectivity index (χ0v) is 17.6. The second kappa shape index (κ2) is 9.34. The van der Waals surface area contributed by atoms with Crippen LogP contribution in [-0.4, -0.2) is 5.91 Å². The van der Waals surface area contributed by atoms with Crippen molar-refractivity contribution in [1.29, 1.82) is 5.26 Å². The van der Waals surface area contributed by atoms with Crippen LogP contribution < -0.4 is 4.90 Å². The maximum atomic E-state index is 13.2. The van der Waals surface area contributed by atoms with Gasteiger partial charge in [-0.2, -0.15) is 5.26 Å². The molecule has 0 aliphatic carbocycles. The molecule has 0 aliphatic rings. The average Bonchev–Trinajstić information content (AvgIpc) is 2.71. The van der Waals surface area contributed by atoms with Gasteiger partial charge in [0.1, 0.15) is 6.07 Å². The summed E-state index contributed by atoms with van der Waals surface area (Å²) in [7, 11) is 0. The molecule has 0 radical (unpaired) electrons. The lowest BCUT2D eigenvalue weighted by molar-refractivity contribution is -0.114. The number of hydrogen-bond donors (Lipinski definition) is 0. The highest BCUT2D eigenvalue weighted by atomic mass is 127. The molecule has 0 N–H and O–H groups in total. The first-order valence-corrected chi connectivity index (χ1v) is 9.95. The smallest absolute Gasteiger partial charge is 0.251 e. The standard InChI is InChI=1S/C24H19IN2O/c1-18-14-21(16-26)24(22(25)15-18)27(17-20-10-6-3-7-11-20)23(28)13-12-19-8-4-2-5-9-19/h2-15H,17H2,1H3/b13-12+. The van der Waals surface area contributed by atoms with E-state index in [0.717, 1.165) is 20.3 Å². The number of halogens is 1. The molecule has 1 amide bonds. The van der Waals surface area contributed by atoms with E-state index in [0.29, 0.717) is 17.8 Å². The molecule has 0 spiro atoms. The van der Waals surface area contributed by atoms with Crippen molar-refractivity contribution < 1.29 is 4.79 Å². The molecule has 4 heteroatoms. The highest BCUT2D eigenvalue weighted by molar-refractivity contribution is 14.1. The molecule has 3 aromatic carbocycles. The zero-order chi connectivity index (χ0) is 19.9. The van der Waals surface area contributed by atoms with E-state index in [1.165, 1.54) is 0 Å². The van der Waals surface area contributed by atoms with Gasteiger partial charge >= 0.3 is 0 Å². The summed E-state index contributed by atoms with van der Waals surface area (Å²) in [6.45, 7) is 2.35. The molecule has 0 heterocycles. The van der Waals surface area contributed by atoms with Crippen molar-refractivity contribution in [2.24, 2.45) is 0 Å². The molecular weight excluding hydrogens is 459 g/mol. The summed E-state index contributed by atoms with van der Waals surface area (Å²) in [5.74, 6) is -0.161. The Morgan fingerprint density at radius 1 is 1.07 bits per heavy atom. The molecule has 0 aromatic heterocycles. The number of amides is 1. The summed E-state index contributed by atoms with van der Waals surface area (Å²) < 4.78 is 0.881. The fraction of sp³-hybridized carbons (Fsp3) is 0.0833. The lowest BCUT2D eigenvalue weighted by atomic mass is 10.1. The Labute approximate surface area is 179 Å². The van der Waals surface area contributed by atoms with E-state index >= 15 is 0 Å². The number of anilines is 1. The molecule has 0 unspecified atom stereocenters. The third-order valence-corrected chi connectivity index (χ3v) is 5.09. The van der Waals surface area contributed by atoms with Gasteiger partial charge in [0.15, 0.2) is 0 Å². The first-order chi connectivity index (χ1) is 13.6. The Bertz CT molecular complexity index is 1040. The van der Waals surface area contributed by atoms with Gasteiger partial charge in [0, 0.05) is 9.65 Å². The number of carbonyl (C=O) groups is 1. The van der Waals surface area contributed by atoms with Crippen LogP contribution in [0.25, 0.3) is 6.08 Å². The van der Waals surface area contributed by atoms with Crippen LogP contribution in [-0.2, 0) is 11.3 Å². The van der Waals surface area contributed by atoms with E-state index < -0.39 is 0 Å². The summed E-state index contributed by atoms with van der Waals surface area (Å²) in [6, 6.07) is 25.6. The molecule has 0 fully saturated rings. The van der Waals surface area contributed by atoms with Gasteiger partial charge in [-0.1, -0.05) is 60.7 Å². The van der Waals surface area contributed by atoms with E-state index in [2.05, 4.69) is 28.7 Å². The van der Waals surface area contributed by atoms with E-state index in [4.69, 9.17) is 0 Å². The summed E-state index contributed by atoms with van der Waals surface area (Å²) in [5, 5.41) is 9.66. The van der Waals surface area contributed by atoms with Crippen molar-refractivity contribution in [1.82, 2.24) is 0 Å². The molecule has 0 saturated heterocycles. The van der Waals surface area contributed by atoms with E-state index in [1.807, 2.05) is 79.7 Å². The maximum Gasteiger partial charge on any atom is 0.251 e. The summed E-state index contributed by atoms with van der Waals surface area (Å²) in [6.07, 6.45) is 3.36. The summed E-state index contributed by atoms with van der Waals surface area (Å²) in [4.78, 5) is 14.8. The number of hydrogen-bond acceptors (Lipinski definition) is 2. The second-order valence-corrected chi connectivity index (χ2v) is 7.57. The lowest BCUT2D eigenvalue weighted by Crippen LogP contribution is -2.30. The van der Waals surface area contributed by atoms with Crippen molar-refractivity contribution in [3.8, 4) is 6.07 Å². The number of aryl methyl sites for hydroxylation is 1. The van der Waals surface area contributed by atoms with Crippen molar-refractivity contribution in [3.05, 3.63) is 105 Å². The minimum Gasteiger partial charge on any atom is -0.302 e. The minimum absolute atomic E-state index is 0.161. The number of nitrogens with zero attached hydrogens (tertiary/aromatic N) is 2. The van der Waals surface area contributed by atoms with Crippen molar-refractivity contribution >= 4 is 40.3 Å². The largest absolute Gasteiger partial charge is 0.302 e. The first-order valence-electron chi connectivity index (χ1n) is 8.87. The Morgan fingerprint density at radius 3 is 2.36 bits per heavy atom. The van der Waals surface area contributed by atoms with Crippen molar-refractivity contribution in [2.45, 2.75) is 13.5 Å². The van der Waals surface area contributed by atoms with Gasteiger partial charge < -0.3 is 4.90 Å². The number of benzene rings is 3. The fourth-order valence-corrected chi connectivity index (χ4v) is 4.02. The highest BCUT2D eigenvalue weighted by Crippen LogP contribution is 2.30. The number of nitriles is 1. The number of carbonyl (C=O) groups excluding carboxylic acids is 1. The third-order valence-electron chi connectivity index (χ3n) is 4.27. The Balaban J connectivity index is 2.02. The Morgan fingerprint density at radius 2 is 1.71 bits per heavy atom. The van der Waals surface area contributed by atoms with Gasteiger partial charge in [0.2, 0.25) is 0 Å². The maximum absolute atomic E-state index is 13.2. The monoisotopic (exact) mass is 478 g/mol. The summed E-state index contributed by atoms with van der Waals surface area (Å²) >= 11 is 2.20. The Hall–Kier alpha value is -2.91. The molecule has 3 rings (SSSR count). The second-order valence-electron chi connectivity index (χ2n) is 6.41. The predicted octanol–water partition coefficient (Wildman–Crippen LogP) is 5.72. The van der Waals surface area contributed by atoms with Crippen molar-refractivity contribution in [2.75, 3.05) is 4.90 Å². The van der Waals surface area contributed by atoms with Gasteiger partial charge in [0.05, 0.1) is 17.8 Å². The molecule has 0 bridgehead atoms. The fourth-order valence-electron chi connectivity index (χ4n) is 2.95. The van der Waals surface area contributed by atoms with Crippen LogP contribution in [0.1, 0.15) is 22.3 Å².